The highest BCUT2D eigenvalue weighted by Crippen LogP contribution is 2.21. The summed E-state index contributed by atoms with van der Waals surface area (Å²) in [5.41, 5.74) is 1.09. The summed E-state index contributed by atoms with van der Waals surface area (Å²) in [4.78, 5) is 24.7. The van der Waals surface area contributed by atoms with Crippen molar-refractivity contribution in [2.45, 2.75) is 32.2 Å². The number of aliphatic carboxylic acids is 1. The van der Waals surface area contributed by atoms with Crippen molar-refractivity contribution in [2.75, 3.05) is 13.1 Å². The minimum absolute atomic E-state index is 0.00257. The van der Waals surface area contributed by atoms with Gasteiger partial charge in [0.1, 0.15) is 0 Å². The lowest BCUT2D eigenvalue weighted by Gasteiger charge is -2.23. The molecule has 2 atom stereocenters. The van der Waals surface area contributed by atoms with Gasteiger partial charge in [-0.05, 0) is 24.3 Å². The highest BCUT2D eigenvalue weighted by atomic mass is 16.4. The van der Waals surface area contributed by atoms with Crippen LogP contribution in [-0.2, 0) is 4.79 Å². The van der Waals surface area contributed by atoms with Gasteiger partial charge in [-0.3, -0.25) is 4.79 Å². The van der Waals surface area contributed by atoms with Gasteiger partial charge in [-0.15, -0.1) is 0 Å². The number of carboxylic acid groups (broad SMARTS) is 1. The summed E-state index contributed by atoms with van der Waals surface area (Å²) in [5.74, 6) is -0.719. The molecular formula is C16H22N2O3. The van der Waals surface area contributed by atoms with Gasteiger partial charge < -0.3 is 15.3 Å². The van der Waals surface area contributed by atoms with Crippen LogP contribution in [0, 0.1) is 5.92 Å². The Labute approximate surface area is 125 Å². The molecule has 1 aromatic rings. The summed E-state index contributed by atoms with van der Waals surface area (Å²) in [5, 5.41) is 11.9. The smallest absolute Gasteiger partial charge is 0.317 e. The number of benzene rings is 1. The second-order valence-electron chi connectivity index (χ2n) is 5.52. The van der Waals surface area contributed by atoms with E-state index in [1.165, 1.54) is 0 Å². The molecule has 1 aliphatic heterocycles. The molecule has 0 aromatic heterocycles. The zero-order chi connectivity index (χ0) is 15.2. The molecule has 0 saturated carbocycles. The van der Waals surface area contributed by atoms with Gasteiger partial charge in [-0.2, -0.15) is 0 Å². The molecule has 0 radical (unpaired) electrons. The molecule has 1 saturated heterocycles. The van der Waals surface area contributed by atoms with E-state index in [-0.39, 0.29) is 24.4 Å². The van der Waals surface area contributed by atoms with Gasteiger partial charge in [-0.25, -0.2) is 4.79 Å². The van der Waals surface area contributed by atoms with E-state index >= 15 is 0 Å². The normalized spacial score (nSPS) is 19.3. The van der Waals surface area contributed by atoms with Gasteiger partial charge in [0.05, 0.1) is 6.04 Å². The first-order chi connectivity index (χ1) is 10.1. The van der Waals surface area contributed by atoms with Crippen LogP contribution >= 0.6 is 0 Å². The molecule has 114 valence electrons. The first-order valence-corrected chi connectivity index (χ1v) is 7.42. The Morgan fingerprint density at radius 2 is 2.10 bits per heavy atom. The van der Waals surface area contributed by atoms with Gasteiger partial charge in [0, 0.05) is 19.5 Å². The molecule has 1 aliphatic rings. The van der Waals surface area contributed by atoms with Gasteiger partial charge in [-0.1, -0.05) is 37.3 Å². The van der Waals surface area contributed by atoms with E-state index in [2.05, 4.69) is 5.32 Å². The Kier molecular flexibility index (Phi) is 5.20. The van der Waals surface area contributed by atoms with Crippen LogP contribution in [-0.4, -0.2) is 35.1 Å². The molecule has 21 heavy (non-hydrogen) atoms. The molecule has 5 nitrogen and oxygen atoms in total. The van der Waals surface area contributed by atoms with Crippen molar-refractivity contribution < 1.29 is 14.7 Å². The molecule has 2 amide bonds. The summed E-state index contributed by atoms with van der Waals surface area (Å²) >= 11 is 0. The first-order valence-electron chi connectivity index (χ1n) is 7.42. The zero-order valence-corrected chi connectivity index (χ0v) is 12.3. The fraction of sp³-hybridized carbons (Fsp3) is 0.500. The van der Waals surface area contributed by atoms with E-state index < -0.39 is 5.97 Å². The second kappa shape index (κ2) is 7.11. The Morgan fingerprint density at radius 1 is 1.38 bits per heavy atom. The van der Waals surface area contributed by atoms with Crippen molar-refractivity contribution in [2.24, 2.45) is 5.92 Å². The van der Waals surface area contributed by atoms with Crippen LogP contribution in [0.4, 0.5) is 4.79 Å². The molecule has 5 heteroatoms. The van der Waals surface area contributed by atoms with Crippen molar-refractivity contribution in [1.29, 1.82) is 0 Å². The number of hydrogen-bond acceptors (Lipinski definition) is 2. The number of carbonyl (C=O) groups is 2. The third kappa shape index (κ3) is 4.21. The number of rotatable bonds is 5. The predicted octanol–water partition coefficient (Wildman–Crippen LogP) is 2.64. The monoisotopic (exact) mass is 290 g/mol. The highest BCUT2D eigenvalue weighted by molar-refractivity contribution is 5.75. The molecule has 0 spiro atoms. The topological polar surface area (TPSA) is 69.6 Å². The maximum absolute atomic E-state index is 12.3. The van der Waals surface area contributed by atoms with Gasteiger partial charge >= 0.3 is 12.0 Å². The lowest BCUT2D eigenvalue weighted by molar-refractivity contribution is -0.138. The summed E-state index contributed by atoms with van der Waals surface area (Å²) in [6.07, 6.45) is 1.73. The maximum Gasteiger partial charge on any atom is 0.317 e. The molecule has 1 fully saturated rings. The average Bonchev–Trinajstić information content (AvgIpc) is 2.93. The van der Waals surface area contributed by atoms with E-state index in [1.54, 1.807) is 4.90 Å². The number of hydrogen-bond donors (Lipinski definition) is 2. The van der Waals surface area contributed by atoms with Crippen LogP contribution in [0.5, 0.6) is 0 Å². The lowest BCUT2D eigenvalue weighted by atomic mass is 10.1. The number of nitrogens with one attached hydrogen (secondary N) is 1. The van der Waals surface area contributed by atoms with Gasteiger partial charge in [0.15, 0.2) is 0 Å². The predicted molar refractivity (Wildman–Crippen MR) is 79.9 cm³/mol. The first kappa shape index (κ1) is 15.4. The summed E-state index contributed by atoms with van der Waals surface area (Å²) in [6.45, 7) is 3.20. The molecule has 2 rings (SSSR count). The number of nitrogens with zero attached hydrogens (tertiary/aromatic N) is 1. The molecule has 2 N–H and O–H groups in total. The van der Waals surface area contributed by atoms with Crippen LogP contribution < -0.4 is 5.32 Å². The van der Waals surface area contributed by atoms with Crippen LogP contribution in [0.25, 0.3) is 0 Å². The van der Waals surface area contributed by atoms with Crippen molar-refractivity contribution in [1.82, 2.24) is 10.2 Å². The SMILES string of the molecule is CCC(NC(=O)N1CCC(CC(=O)O)C1)c1ccccc1. The van der Waals surface area contributed by atoms with E-state index in [1.807, 2.05) is 37.3 Å². The molecule has 1 heterocycles. The number of carboxylic acids is 1. The van der Waals surface area contributed by atoms with Crippen LogP contribution in [0.15, 0.2) is 30.3 Å². The van der Waals surface area contributed by atoms with Crippen molar-refractivity contribution in [3.05, 3.63) is 35.9 Å². The van der Waals surface area contributed by atoms with Crippen molar-refractivity contribution >= 4 is 12.0 Å². The summed E-state index contributed by atoms with van der Waals surface area (Å²) < 4.78 is 0. The zero-order valence-electron chi connectivity index (χ0n) is 12.3. The van der Waals surface area contributed by atoms with Gasteiger partial charge in [0.25, 0.3) is 0 Å². The number of likely N-dealkylation sites (tertiary alicyclic amines) is 1. The summed E-state index contributed by atoms with van der Waals surface area (Å²) in [7, 11) is 0. The quantitative estimate of drug-likeness (QED) is 0.876. The van der Waals surface area contributed by atoms with E-state index in [4.69, 9.17) is 5.11 Å². The van der Waals surface area contributed by atoms with Crippen LogP contribution in [0.2, 0.25) is 0 Å². The fourth-order valence-corrected chi connectivity index (χ4v) is 2.78. The summed E-state index contributed by atoms with van der Waals surface area (Å²) in [6, 6.07) is 9.79. The van der Waals surface area contributed by atoms with Crippen molar-refractivity contribution in [3.63, 3.8) is 0 Å². The average molecular weight is 290 g/mol. The maximum atomic E-state index is 12.3. The Morgan fingerprint density at radius 3 is 2.71 bits per heavy atom. The third-order valence-corrected chi connectivity index (χ3v) is 3.94. The number of urea groups is 1. The van der Waals surface area contributed by atoms with E-state index in [0.29, 0.717) is 13.1 Å². The molecule has 0 aliphatic carbocycles. The van der Waals surface area contributed by atoms with E-state index in [9.17, 15) is 9.59 Å². The third-order valence-electron chi connectivity index (χ3n) is 3.94. The molecule has 2 unspecified atom stereocenters. The van der Waals surface area contributed by atoms with Crippen molar-refractivity contribution in [3.8, 4) is 0 Å². The lowest BCUT2D eigenvalue weighted by Crippen LogP contribution is -2.40. The highest BCUT2D eigenvalue weighted by Gasteiger charge is 2.28. The van der Waals surface area contributed by atoms with E-state index in [0.717, 1.165) is 18.4 Å². The van der Waals surface area contributed by atoms with Crippen LogP contribution in [0.3, 0.4) is 0 Å². The fourth-order valence-electron chi connectivity index (χ4n) is 2.78. The number of amides is 2. The Bertz CT molecular complexity index is 490. The van der Waals surface area contributed by atoms with Crippen LogP contribution in [0.1, 0.15) is 37.8 Å². The minimum atomic E-state index is -0.794. The molecule has 1 aromatic carbocycles. The Hall–Kier alpha value is -2.04. The minimum Gasteiger partial charge on any atom is -0.481 e. The second-order valence-corrected chi connectivity index (χ2v) is 5.52. The van der Waals surface area contributed by atoms with Gasteiger partial charge in [0.2, 0.25) is 0 Å². The standard InChI is InChI=1S/C16H22N2O3/c1-2-14(13-6-4-3-5-7-13)17-16(21)18-9-8-12(11-18)10-15(19)20/h3-7,12,14H,2,8-11H2,1H3,(H,17,21)(H,19,20). The number of carbonyl (C=O) groups excluding carboxylic acids is 1. The molecule has 0 bridgehead atoms. The molecular weight excluding hydrogens is 268 g/mol. The largest absolute Gasteiger partial charge is 0.481 e. The Balaban J connectivity index is 1.90.